The third-order valence-electron chi connectivity index (χ3n) is 6.23. The van der Waals surface area contributed by atoms with Gasteiger partial charge in [-0.3, -0.25) is 5.10 Å². The molecule has 2 aromatic heterocycles. The molecule has 1 saturated heterocycles. The van der Waals surface area contributed by atoms with E-state index in [9.17, 15) is 0 Å². The summed E-state index contributed by atoms with van der Waals surface area (Å²) < 4.78 is 0. The van der Waals surface area contributed by atoms with E-state index >= 15 is 0 Å². The second kappa shape index (κ2) is 9.44. The van der Waals surface area contributed by atoms with Gasteiger partial charge in [-0.05, 0) is 35.7 Å². The van der Waals surface area contributed by atoms with E-state index < -0.39 is 0 Å². The van der Waals surface area contributed by atoms with Crippen molar-refractivity contribution in [3.05, 3.63) is 53.1 Å². The lowest BCUT2D eigenvalue weighted by molar-refractivity contribution is 0.367. The molecule has 2 aromatic carbocycles. The van der Waals surface area contributed by atoms with Crippen LogP contribution in [0.25, 0.3) is 22.3 Å². The van der Waals surface area contributed by atoms with Crippen molar-refractivity contribution in [2.24, 2.45) is 5.92 Å². The van der Waals surface area contributed by atoms with E-state index in [1.54, 1.807) is 0 Å². The van der Waals surface area contributed by atoms with Crippen LogP contribution in [-0.4, -0.2) is 51.1 Å². The molecule has 4 aromatic rings. The Kier molecular flexibility index (Phi) is 6.21. The molecule has 9 nitrogen and oxygen atoms in total. The number of aromatic amines is 1. The third-order valence-corrected chi connectivity index (χ3v) is 6.60. The number of benzene rings is 2. The maximum Gasteiger partial charge on any atom is 0.192 e. The van der Waals surface area contributed by atoms with Crippen LogP contribution in [0.5, 0.6) is 0 Å². The van der Waals surface area contributed by atoms with E-state index in [2.05, 4.69) is 49.8 Å². The first-order chi connectivity index (χ1) is 16.5. The molecule has 1 aliphatic heterocycles. The van der Waals surface area contributed by atoms with Crippen molar-refractivity contribution in [1.29, 1.82) is 0 Å². The molecular weight excluding hydrogens is 450 g/mol. The van der Waals surface area contributed by atoms with Gasteiger partial charge in [0.1, 0.15) is 0 Å². The summed E-state index contributed by atoms with van der Waals surface area (Å²) in [4.78, 5) is 7.25. The molecule has 10 heteroatoms. The molecule has 1 atom stereocenters. The van der Waals surface area contributed by atoms with Crippen LogP contribution in [0.15, 0.2) is 42.5 Å². The van der Waals surface area contributed by atoms with E-state index in [0.29, 0.717) is 41.0 Å². The summed E-state index contributed by atoms with van der Waals surface area (Å²) in [6, 6.07) is 14.0. The first kappa shape index (κ1) is 22.4. The van der Waals surface area contributed by atoms with Crippen LogP contribution in [0.4, 0.5) is 17.5 Å². The number of hydrogen-bond donors (Lipinski definition) is 4. The highest BCUT2D eigenvalue weighted by Gasteiger charge is 2.26. The second-order valence-corrected chi connectivity index (χ2v) is 9.28. The van der Waals surface area contributed by atoms with Gasteiger partial charge in [0, 0.05) is 48.2 Å². The summed E-state index contributed by atoms with van der Waals surface area (Å²) in [7, 11) is 0. The molecule has 0 saturated carbocycles. The Morgan fingerprint density at radius 1 is 1.21 bits per heavy atom. The number of nitrogens with zero attached hydrogens (tertiary/aromatic N) is 5. The highest BCUT2D eigenvalue weighted by atomic mass is 35.5. The topological polar surface area (TPSA) is 121 Å². The smallest absolute Gasteiger partial charge is 0.192 e. The molecular formula is C24H28ClN9. The standard InChI is InChI=1S/C24H28ClN9/c1-14(2)20-13-34(10-9-27-20)24-23(28-12-16-5-3-4-6-18(16)25)33-32-22(29-24)15-7-8-19-17(11-15)21(26)31-30-19/h3-8,11,14,20,27H,9-10,12-13H2,1-2H3,(H,28,33)(H3,26,30,31)/t20-/m1/s1. The Balaban J connectivity index is 1.51. The maximum atomic E-state index is 6.36. The van der Waals surface area contributed by atoms with Crippen LogP contribution in [0.1, 0.15) is 19.4 Å². The quantitative estimate of drug-likeness (QED) is 0.332. The molecule has 0 spiro atoms. The van der Waals surface area contributed by atoms with Gasteiger partial charge in [0.15, 0.2) is 23.3 Å². The SMILES string of the molecule is CC(C)[C@H]1CN(c2nc(-c3ccc4[nH]nc(N)c4c3)nnc2NCc2ccccc2Cl)CCN1. The highest BCUT2D eigenvalue weighted by molar-refractivity contribution is 6.31. The van der Waals surface area contributed by atoms with Gasteiger partial charge in [0.2, 0.25) is 0 Å². The summed E-state index contributed by atoms with van der Waals surface area (Å²) in [6.45, 7) is 7.53. The fourth-order valence-electron chi connectivity index (χ4n) is 4.19. The van der Waals surface area contributed by atoms with Crippen molar-refractivity contribution in [2.75, 3.05) is 35.6 Å². The minimum atomic E-state index is 0.366. The van der Waals surface area contributed by atoms with E-state index in [1.807, 2.05) is 42.5 Å². The zero-order valence-corrected chi connectivity index (χ0v) is 20.0. The summed E-state index contributed by atoms with van der Waals surface area (Å²) in [5.74, 6) is 2.91. The molecule has 3 heterocycles. The first-order valence-corrected chi connectivity index (χ1v) is 11.8. The number of rotatable bonds is 6. The molecule has 0 unspecified atom stereocenters. The van der Waals surface area contributed by atoms with Crippen LogP contribution in [-0.2, 0) is 6.54 Å². The molecule has 1 fully saturated rings. The molecule has 176 valence electrons. The number of hydrogen-bond acceptors (Lipinski definition) is 8. The molecule has 0 aliphatic carbocycles. The molecule has 0 amide bonds. The lowest BCUT2D eigenvalue weighted by Gasteiger charge is -2.37. The van der Waals surface area contributed by atoms with Gasteiger partial charge >= 0.3 is 0 Å². The average Bonchev–Trinajstić information content (AvgIpc) is 3.23. The number of nitrogens with two attached hydrogens (primary N) is 1. The van der Waals surface area contributed by atoms with Crippen molar-refractivity contribution in [3.8, 4) is 11.4 Å². The number of fused-ring (bicyclic) bond motifs is 1. The van der Waals surface area contributed by atoms with Crippen molar-refractivity contribution < 1.29 is 0 Å². The van der Waals surface area contributed by atoms with E-state index in [4.69, 9.17) is 22.3 Å². The molecule has 34 heavy (non-hydrogen) atoms. The second-order valence-electron chi connectivity index (χ2n) is 8.87. The Labute approximate surface area is 203 Å². The number of nitrogen functional groups attached to an aromatic ring is 1. The monoisotopic (exact) mass is 477 g/mol. The van der Waals surface area contributed by atoms with Gasteiger partial charge in [-0.1, -0.05) is 43.6 Å². The van der Waals surface area contributed by atoms with Crippen LogP contribution in [0.3, 0.4) is 0 Å². The Hall–Kier alpha value is -3.43. The fourth-order valence-corrected chi connectivity index (χ4v) is 4.39. The van der Waals surface area contributed by atoms with Crippen LogP contribution in [0, 0.1) is 5.92 Å². The van der Waals surface area contributed by atoms with Gasteiger partial charge in [0.05, 0.1) is 5.52 Å². The molecule has 0 radical (unpaired) electrons. The molecule has 0 bridgehead atoms. The van der Waals surface area contributed by atoms with Crippen molar-refractivity contribution in [2.45, 2.75) is 26.4 Å². The summed E-state index contributed by atoms with van der Waals surface area (Å²) in [5.41, 5.74) is 8.70. The number of halogens is 1. The van der Waals surface area contributed by atoms with Gasteiger partial charge in [0.25, 0.3) is 0 Å². The van der Waals surface area contributed by atoms with Crippen LogP contribution in [0.2, 0.25) is 5.02 Å². The predicted molar refractivity (Wildman–Crippen MR) is 137 cm³/mol. The number of H-pyrrole nitrogens is 1. The fraction of sp³-hybridized carbons (Fsp3) is 0.333. The molecule has 5 N–H and O–H groups in total. The van der Waals surface area contributed by atoms with E-state index in [0.717, 1.165) is 47.5 Å². The van der Waals surface area contributed by atoms with Gasteiger partial charge in [-0.2, -0.15) is 5.10 Å². The average molecular weight is 478 g/mol. The Bertz CT molecular complexity index is 1300. The van der Waals surface area contributed by atoms with E-state index in [-0.39, 0.29) is 0 Å². The predicted octanol–water partition coefficient (Wildman–Crippen LogP) is 3.70. The number of nitrogens with one attached hydrogen (secondary N) is 3. The van der Waals surface area contributed by atoms with Gasteiger partial charge in [-0.15, -0.1) is 10.2 Å². The lowest BCUT2D eigenvalue weighted by Crippen LogP contribution is -2.53. The largest absolute Gasteiger partial charge is 0.382 e. The number of aromatic nitrogens is 5. The summed E-state index contributed by atoms with van der Waals surface area (Å²) in [6.07, 6.45) is 0. The van der Waals surface area contributed by atoms with Crippen molar-refractivity contribution in [1.82, 2.24) is 30.7 Å². The molecule has 1 aliphatic rings. The van der Waals surface area contributed by atoms with Crippen LogP contribution >= 0.6 is 11.6 Å². The minimum absolute atomic E-state index is 0.366. The molecule has 5 rings (SSSR count). The van der Waals surface area contributed by atoms with Crippen molar-refractivity contribution >= 4 is 40.0 Å². The van der Waals surface area contributed by atoms with Crippen LogP contribution < -0.4 is 21.3 Å². The first-order valence-electron chi connectivity index (χ1n) is 11.4. The zero-order valence-electron chi connectivity index (χ0n) is 19.2. The number of piperazine rings is 1. The number of anilines is 3. The normalized spacial score (nSPS) is 16.4. The zero-order chi connectivity index (χ0) is 23.7. The third kappa shape index (κ3) is 4.49. The minimum Gasteiger partial charge on any atom is -0.382 e. The summed E-state index contributed by atoms with van der Waals surface area (Å²) >= 11 is 6.36. The van der Waals surface area contributed by atoms with E-state index in [1.165, 1.54) is 0 Å². The van der Waals surface area contributed by atoms with Gasteiger partial charge in [-0.25, -0.2) is 4.98 Å². The van der Waals surface area contributed by atoms with Gasteiger partial charge < -0.3 is 21.3 Å². The Morgan fingerprint density at radius 3 is 2.88 bits per heavy atom. The summed E-state index contributed by atoms with van der Waals surface area (Å²) in [5, 5.41) is 24.6. The Morgan fingerprint density at radius 2 is 2.06 bits per heavy atom. The maximum absolute atomic E-state index is 6.36. The van der Waals surface area contributed by atoms with Crippen molar-refractivity contribution in [3.63, 3.8) is 0 Å². The highest BCUT2D eigenvalue weighted by Crippen LogP contribution is 2.29. The lowest BCUT2D eigenvalue weighted by atomic mass is 10.0.